The van der Waals surface area contributed by atoms with Gasteiger partial charge in [-0.2, -0.15) is 0 Å². The smallest absolute Gasteiger partial charge is 0.231 e. The summed E-state index contributed by atoms with van der Waals surface area (Å²) in [6.07, 6.45) is 2.67. The van der Waals surface area contributed by atoms with Crippen molar-refractivity contribution in [2.75, 3.05) is 33.5 Å². The van der Waals surface area contributed by atoms with Crippen LogP contribution in [0.25, 0.3) is 0 Å². The van der Waals surface area contributed by atoms with E-state index in [9.17, 15) is 0 Å². The summed E-state index contributed by atoms with van der Waals surface area (Å²) >= 11 is 0. The summed E-state index contributed by atoms with van der Waals surface area (Å²) < 4.78 is 16.4. The summed E-state index contributed by atoms with van der Waals surface area (Å²) in [4.78, 5) is 2.53. The highest BCUT2D eigenvalue weighted by Gasteiger charge is 2.34. The first-order valence-electron chi connectivity index (χ1n) is 7.76. The molecule has 3 heterocycles. The molecule has 3 aliphatic rings. The molecule has 2 fully saturated rings. The van der Waals surface area contributed by atoms with Gasteiger partial charge in [-0.1, -0.05) is 0 Å². The third-order valence-electron chi connectivity index (χ3n) is 4.80. The van der Waals surface area contributed by atoms with Crippen LogP contribution in [0.4, 0.5) is 0 Å². The first-order valence-corrected chi connectivity index (χ1v) is 7.76. The number of benzene rings is 1. The fraction of sp³-hybridized carbons (Fsp3) is 0.625. The van der Waals surface area contributed by atoms with E-state index in [-0.39, 0.29) is 6.79 Å². The highest BCUT2D eigenvalue weighted by atomic mass is 16.7. The second-order valence-electron chi connectivity index (χ2n) is 6.19. The number of hydrogen-bond acceptors (Lipinski definition) is 5. The van der Waals surface area contributed by atoms with Crippen molar-refractivity contribution in [3.63, 3.8) is 0 Å². The zero-order valence-corrected chi connectivity index (χ0v) is 12.4. The number of fused-ring (bicyclic) bond motifs is 2. The Kier molecular flexibility index (Phi) is 3.39. The number of nitrogens with zero attached hydrogens (tertiary/aromatic N) is 1. The van der Waals surface area contributed by atoms with Gasteiger partial charge in [0.05, 0.1) is 7.11 Å². The van der Waals surface area contributed by atoms with Crippen LogP contribution in [0.2, 0.25) is 0 Å². The van der Waals surface area contributed by atoms with Crippen LogP contribution in [0.5, 0.6) is 17.2 Å². The Morgan fingerprint density at radius 3 is 3.14 bits per heavy atom. The molecule has 4 rings (SSSR count). The first kappa shape index (κ1) is 13.2. The first-order chi connectivity index (χ1) is 10.3. The summed E-state index contributed by atoms with van der Waals surface area (Å²) in [5, 5.41) is 3.65. The summed E-state index contributed by atoms with van der Waals surface area (Å²) in [6, 6.07) is 4.83. The molecular formula is C16H22N2O3. The van der Waals surface area contributed by atoms with Crippen LogP contribution in [0, 0.1) is 5.92 Å². The van der Waals surface area contributed by atoms with Gasteiger partial charge >= 0.3 is 0 Å². The van der Waals surface area contributed by atoms with E-state index >= 15 is 0 Å². The van der Waals surface area contributed by atoms with Crippen molar-refractivity contribution in [2.24, 2.45) is 5.92 Å². The Morgan fingerprint density at radius 1 is 1.33 bits per heavy atom. The maximum atomic E-state index is 5.51. The lowest BCUT2D eigenvalue weighted by Gasteiger charge is -2.24. The predicted octanol–water partition coefficient (Wildman–Crippen LogP) is 1.61. The molecule has 0 aliphatic carbocycles. The minimum absolute atomic E-state index is 0.285. The normalized spacial score (nSPS) is 27.7. The second kappa shape index (κ2) is 5.39. The highest BCUT2D eigenvalue weighted by molar-refractivity contribution is 5.55. The summed E-state index contributed by atoms with van der Waals surface area (Å²) in [6.45, 7) is 4.73. The van der Waals surface area contributed by atoms with E-state index in [0.717, 1.165) is 36.3 Å². The topological polar surface area (TPSA) is 43.0 Å². The molecule has 0 bridgehead atoms. The van der Waals surface area contributed by atoms with Crippen LogP contribution in [0.15, 0.2) is 12.1 Å². The predicted molar refractivity (Wildman–Crippen MR) is 78.9 cm³/mol. The Labute approximate surface area is 125 Å². The van der Waals surface area contributed by atoms with Gasteiger partial charge < -0.3 is 19.5 Å². The number of hydrogen-bond donors (Lipinski definition) is 1. The van der Waals surface area contributed by atoms with E-state index in [1.807, 2.05) is 0 Å². The van der Waals surface area contributed by atoms with Crippen molar-refractivity contribution in [3.8, 4) is 17.2 Å². The average molecular weight is 290 g/mol. The standard InChI is InChI=1S/C16H22N2O3/c1-19-14-5-11(6-15-16(14)21-10-20-15)7-18-8-12-3-2-4-17-13(12)9-18/h5-6,12-13,17H,2-4,7-10H2,1H3. The van der Waals surface area contributed by atoms with Gasteiger partial charge in [0, 0.05) is 25.7 Å². The molecule has 1 N–H and O–H groups in total. The third-order valence-corrected chi connectivity index (χ3v) is 4.80. The van der Waals surface area contributed by atoms with Gasteiger partial charge in [0.25, 0.3) is 0 Å². The largest absolute Gasteiger partial charge is 0.493 e. The van der Waals surface area contributed by atoms with Gasteiger partial charge in [-0.25, -0.2) is 0 Å². The van der Waals surface area contributed by atoms with Crippen molar-refractivity contribution in [1.82, 2.24) is 10.2 Å². The molecular weight excluding hydrogens is 268 g/mol. The molecule has 2 saturated heterocycles. The van der Waals surface area contributed by atoms with Crippen molar-refractivity contribution in [2.45, 2.75) is 25.4 Å². The lowest BCUT2D eigenvalue weighted by Crippen LogP contribution is -2.40. The van der Waals surface area contributed by atoms with Gasteiger partial charge in [-0.3, -0.25) is 4.90 Å². The van der Waals surface area contributed by atoms with E-state index in [1.165, 1.54) is 31.5 Å². The van der Waals surface area contributed by atoms with Gasteiger partial charge in [0.15, 0.2) is 11.5 Å². The van der Waals surface area contributed by atoms with Crippen LogP contribution in [0.3, 0.4) is 0 Å². The maximum absolute atomic E-state index is 5.51. The Balaban J connectivity index is 1.50. The molecule has 3 aliphatic heterocycles. The van der Waals surface area contributed by atoms with Gasteiger partial charge in [-0.05, 0) is 43.0 Å². The molecule has 0 aromatic heterocycles. The molecule has 1 aromatic rings. The molecule has 0 radical (unpaired) electrons. The fourth-order valence-electron chi connectivity index (χ4n) is 3.80. The van der Waals surface area contributed by atoms with Crippen LogP contribution >= 0.6 is 0 Å². The number of nitrogens with one attached hydrogen (secondary N) is 1. The average Bonchev–Trinajstić information content (AvgIpc) is 3.11. The Hall–Kier alpha value is -1.46. The van der Waals surface area contributed by atoms with Gasteiger partial charge in [-0.15, -0.1) is 0 Å². The third kappa shape index (κ3) is 2.45. The number of methoxy groups -OCH3 is 1. The fourth-order valence-corrected chi connectivity index (χ4v) is 3.80. The van der Waals surface area contributed by atoms with E-state index in [4.69, 9.17) is 14.2 Å². The summed E-state index contributed by atoms with van der Waals surface area (Å²) in [5.74, 6) is 3.13. The van der Waals surface area contributed by atoms with Crippen molar-refractivity contribution in [1.29, 1.82) is 0 Å². The zero-order valence-electron chi connectivity index (χ0n) is 12.4. The number of likely N-dealkylation sites (tertiary alicyclic amines) is 1. The minimum atomic E-state index is 0.285. The lowest BCUT2D eigenvalue weighted by molar-refractivity contribution is 0.171. The zero-order chi connectivity index (χ0) is 14.2. The summed E-state index contributed by atoms with van der Waals surface area (Å²) in [5.41, 5.74) is 1.23. The Bertz CT molecular complexity index is 520. The van der Waals surface area contributed by atoms with Gasteiger partial charge in [0.2, 0.25) is 12.5 Å². The molecule has 114 valence electrons. The van der Waals surface area contributed by atoms with Crippen LogP contribution in [0.1, 0.15) is 18.4 Å². The number of rotatable bonds is 3. The summed E-state index contributed by atoms with van der Waals surface area (Å²) in [7, 11) is 1.68. The molecule has 21 heavy (non-hydrogen) atoms. The SMILES string of the molecule is COc1cc(CN2CC3CCCNC3C2)cc2c1OCO2. The molecule has 0 amide bonds. The van der Waals surface area contributed by atoms with Crippen LogP contribution in [-0.4, -0.2) is 44.5 Å². The minimum Gasteiger partial charge on any atom is -0.493 e. The van der Waals surface area contributed by atoms with Gasteiger partial charge in [0.1, 0.15) is 0 Å². The molecule has 1 aromatic carbocycles. The van der Waals surface area contributed by atoms with E-state index in [2.05, 4.69) is 22.3 Å². The number of piperidine rings is 1. The van der Waals surface area contributed by atoms with E-state index in [0.29, 0.717) is 6.04 Å². The molecule has 2 unspecified atom stereocenters. The van der Waals surface area contributed by atoms with Crippen molar-refractivity contribution in [3.05, 3.63) is 17.7 Å². The quantitative estimate of drug-likeness (QED) is 0.916. The molecule has 0 saturated carbocycles. The van der Waals surface area contributed by atoms with Crippen LogP contribution < -0.4 is 19.5 Å². The Morgan fingerprint density at radius 2 is 2.29 bits per heavy atom. The van der Waals surface area contributed by atoms with E-state index in [1.54, 1.807) is 7.11 Å². The second-order valence-corrected chi connectivity index (χ2v) is 6.19. The monoisotopic (exact) mass is 290 g/mol. The lowest BCUT2D eigenvalue weighted by atomic mass is 9.94. The molecule has 5 nitrogen and oxygen atoms in total. The molecule has 0 spiro atoms. The maximum Gasteiger partial charge on any atom is 0.231 e. The molecule has 2 atom stereocenters. The van der Waals surface area contributed by atoms with E-state index < -0.39 is 0 Å². The van der Waals surface area contributed by atoms with Crippen LogP contribution in [-0.2, 0) is 6.54 Å². The number of ether oxygens (including phenoxy) is 3. The highest BCUT2D eigenvalue weighted by Crippen LogP contribution is 2.42. The van der Waals surface area contributed by atoms with Crippen molar-refractivity contribution >= 4 is 0 Å². The molecule has 5 heteroatoms. The van der Waals surface area contributed by atoms with Crippen molar-refractivity contribution < 1.29 is 14.2 Å².